The van der Waals surface area contributed by atoms with Gasteiger partial charge in [0.25, 0.3) is 5.91 Å². The largest absolute Gasteiger partial charge is 0.469 e. The number of nitrogens with one attached hydrogen (secondary N) is 7. The first kappa shape index (κ1) is 100. The first-order valence-corrected chi connectivity index (χ1v) is 39.2. The summed E-state index contributed by atoms with van der Waals surface area (Å²) >= 11 is 0. The molecular formula is C79H124N14O23. The van der Waals surface area contributed by atoms with Crippen molar-refractivity contribution in [1.82, 2.24) is 71.5 Å². The molecule has 37 nitrogen and oxygen atoms in total. The lowest BCUT2D eigenvalue weighted by molar-refractivity contribution is -0.142. The molecule has 3 rings (SSSR count). The summed E-state index contributed by atoms with van der Waals surface area (Å²) in [4.78, 5) is 203. The normalized spacial score (nSPS) is 11.2. The van der Waals surface area contributed by atoms with Crippen LogP contribution in [0.1, 0.15) is 100 Å². The van der Waals surface area contributed by atoms with Crippen LogP contribution in [0.15, 0.2) is 54.6 Å². The van der Waals surface area contributed by atoms with Crippen molar-refractivity contribution in [3.05, 3.63) is 60.2 Å². The fourth-order valence-electron chi connectivity index (χ4n) is 11.9. The van der Waals surface area contributed by atoms with Gasteiger partial charge in [-0.15, -0.1) is 0 Å². The zero-order valence-corrected chi connectivity index (χ0v) is 68.9. The molecule has 3 aromatic rings. The molecule has 7 amide bonds. The third-order valence-electron chi connectivity index (χ3n) is 19.0. The minimum Gasteiger partial charge on any atom is -0.469 e. The third-order valence-corrected chi connectivity index (χ3v) is 19.0. The predicted molar refractivity (Wildman–Crippen MR) is 428 cm³/mol. The maximum atomic E-state index is 13.8. The van der Waals surface area contributed by atoms with Gasteiger partial charge in [0, 0.05) is 227 Å². The SMILES string of the molecule is COC(=O)CCN(CCNC(=O)CCN(CCNC(=O)CCN(CCNC(=O)c1ccc2cc3ccccc3cc2c1)CCC(=O)NCCN(CCC(=O)NCCN(CCC(=O)OC)CCC(=O)OC)CCC(=O)NCCN(CCC(=O)OC)CCC(=O)OC)CCC(=O)NCCN(CCC(=O)OC)CCC(=O)OC)CCC(=O)OC. The highest BCUT2D eigenvalue weighted by atomic mass is 16.5. The monoisotopic (exact) mass is 1640 g/mol. The van der Waals surface area contributed by atoms with Crippen molar-refractivity contribution in [2.45, 2.75) is 89.9 Å². The number of rotatable bonds is 64. The van der Waals surface area contributed by atoms with Crippen LogP contribution in [0.25, 0.3) is 21.5 Å². The summed E-state index contributed by atoms with van der Waals surface area (Å²) in [5.41, 5.74) is 0.437. The van der Waals surface area contributed by atoms with Crippen LogP contribution in [-0.4, -0.2) is 364 Å². The smallest absolute Gasteiger partial charge is 0.306 e. The molecular weight excluding hydrogens is 1510 g/mol. The van der Waals surface area contributed by atoms with Crippen LogP contribution < -0.4 is 37.2 Å². The van der Waals surface area contributed by atoms with Crippen LogP contribution in [0.3, 0.4) is 0 Å². The number of amides is 7. The van der Waals surface area contributed by atoms with Gasteiger partial charge in [-0.2, -0.15) is 0 Å². The van der Waals surface area contributed by atoms with Crippen molar-refractivity contribution in [3.63, 3.8) is 0 Å². The zero-order chi connectivity index (χ0) is 85.3. The Morgan fingerprint density at radius 3 is 0.603 bits per heavy atom. The Hall–Kier alpha value is -10.0. The lowest BCUT2D eigenvalue weighted by Crippen LogP contribution is -2.42. The highest BCUT2D eigenvalue weighted by molar-refractivity contribution is 6.03. The van der Waals surface area contributed by atoms with E-state index in [0.29, 0.717) is 31.7 Å². The number of ether oxygens (including phenoxy) is 8. The molecule has 37 heteroatoms. The second-order valence-electron chi connectivity index (χ2n) is 27.1. The average Bonchev–Trinajstić information content (AvgIpc) is 0.795. The number of carbonyl (C=O) groups is 15. The van der Waals surface area contributed by atoms with Crippen LogP contribution in [-0.2, 0) is 105 Å². The van der Waals surface area contributed by atoms with Gasteiger partial charge >= 0.3 is 47.8 Å². The predicted octanol–water partition coefficient (Wildman–Crippen LogP) is -0.621. The van der Waals surface area contributed by atoms with Gasteiger partial charge in [0.1, 0.15) is 0 Å². The van der Waals surface area contributed by atoms with Crippen LogP contribution in [0.4, 0.5) is 0 Å². The molecule has 0 saturated heterocycles. The lowest BCUT2D eigenvalue weighted by atomic mass is 10.0. The number of methoxy groups -OCH3 is 8. The van der Waals surface area contributed by atoms with Crippen molar-refractivity contribution in [3.8, 4) is 0 Å². The van der Waals surface area contributed by atoms with E-state index in [1.165, 1.54) is 56.9 Å². The molecule has 0 bridgehead atoms. The first-order valence-electron chi connectivity index (χ1n) is 39.2. The molecule has 0 heterocycles. The Labute approximate surface area is 679 Å². The number of carbonyl (C=O) groups excluding carboxylic acids is 15. The molecule has 0 aliphatic rings. The quantitative estimate of drug-likeness (QED) is 0.0210. The number of fused-ring (bicyclic) bond motifs is 2. The third kappa shape index (κ3) is 46.5. The van der Waals surface area contributed by atoms with E-state index >= 15 is 0 Å². The molecule has 116 heavy (non-hydrogen) atoms. The second kappa shape index (κ2) is 60.5. The summed E-state index contributed by atoms with van der Waals surface area (Å²) in [5.74, 6) is -5.79. The van der Waals surface area contributed by atoms with E-state index in [-0.39, 0.29) is 288 Å². The summed E-state index contributed by atoms with van der Waals surface area (Å²) in [5, 5.41) is 24.3. The molecule has 0 atom stereocenters. The number of benzene rings is 3. The fourth-order valence-corrected chi connectivity index (χ4v) is 11.9. The molecule has 0 aliphatic carbocycles. The Kier molecular flexibility index (Phi) is 52.2. The Bertz CT molecular complexity index is 3200. The van der Waals surface area contributed by atoms with E-state index < -0.39 is 47.8 Å². The molecule has 0 spiro atoms. The Morgan fingerprint density at radius 2 is 0.397 bits per heavy atom. The van der Waals surface area contributed by atoms with Crippen LogP contribution in [0, 0.1) is 0 Å². The minimum absolute atomic E-state index is 0.000417. The van der Waals surface area contributed by atoms with Gasteiger partial charge in [0.05, 0.1) is 108 Å². The van der Waals surface area contributed by atoms with Crippen molar-refractivity contribution in [2.24, 2.45) is 0 Å². The molecule has 0 fully saturated rings. The number of esters is 8. The van der Waals surface area contributed by atoms with E-state index in [1.54, 1.807) is 6.07 Å². The summed E-state index contributed by atoms with van der Waals surface area (Å²) in [7, 11) is 10.2. The van der Waals surface area contributed by atoms with E-state index in [1.807, 2.05) is 76.8 Å². The molecule has 0 aliphatic heterocycles. The van der Waals surface area contributed by atoms with E-state index in [4.69, 9.17) is 37.9 Å². The number of hydrogen-bond acceptors (Lipinski definition) is 30. The van der Waals surface area contributed by atoms with Crippen molar-refractivity contribution < 1.29 is 110 Å². The lowest BCUT2D eigenvalue weighted by Gasteiger charge is -2.24. The summed E-state index contributed by atoms with van der Waals surface area (Å²) in [6, 6.07) is 17.5. The van der Waals surface area contributed by atoms with Crippen LogP contribution in [0.5, 0.6) is 0 Å². The second-order valence-corrected chi connectivity index (χ2v) is 27.1. The van der Waals surface area contributed by atoms with Gasteiger partial charge in [-0.3, -0.25) is 71.9 Å². The van der Waals surface area contributed by atoms with E-state index in [9.17, 15) is 71.9 Å². The topological polar surface area (TPSA) is 437 Å². The highest BCUT2D eigenvalue weighted by Gasteiger charge is 2.21. The number of hydrogen-bond donors (Lipinski definition) is 7. The summed E-state index contributed by atoms with van der Waals surface area (Å²) < 4.78 is 38.2. The summed E-state index contributed by atoms with van der Waals surface area (Å²) in [6.07, 6.45) is 0.427. The van der Waals surface area contributed by atoms with Crippen molar-refractivity contribution in [2.75, 3.05) is 240 Å². The van der Waals surface area contributed by atoms with Gasteiger partial charge in [0.2, 0.25) is 35.4 Å². The average molecular weight is 1640 g/mol. The Morgan fingerprint density at radius 1 is 0.216 bits per heavy atom. The van der Waals surface area contributed by atoms with Crippen LogP contribution >= 0.6 is 0 Å². The van der Waals surface area contributed by atoms with Gasteiger partial charge in [-0.25, -0.2) is 0 Å². The molecule has 648 valence electrons. The molecule has 0 saturated carbocycles. The van der Waals surface area contributed by atoms with Crippen LogP contribution in [0.2, 0.25) is 0 Å². The van der Waals surface area contributed by atoms with Gasteiger partial charge in [-0.05, 0) is 45.8 Å². The standard InChI is InChI=1S/C79H124N14O23/c1-109-71(100)21-42-90(43-22-72(101)110-2)52-31-82-65(94)15-36-87(37-16-66(95)83-32-53-91(44-23-73(102)111-3)45-24-74(103)112-4)50-29-80-69(98)19-40-89(56-35-86-79(108)63-14-13-62-57-60-11-9-10-12-61(60)58-64(62)59-63)41-20-70(99)81-30-51-88(38-17-67(96)84-33-54-92(46-25-75(104)113-5)47-26-76(105)114-6)39-18-68(97)85-34-55-93(48-27-77(106)115-7)49-28-78(107)116-8/h9-14,57-59H,15-56H2,1-8H3,(H,80,98)(H,81,99)(H,82,94)(H,83,95)(H,84,96)(H,85,97)(H,86,108). The van der Waals surface area contributed by atoms with Gasteiger partial charge in [-0.1, -0.05) is 30.3 Å². The summed E-state index contributed by atoms with van der Waals surface area (Å²) in [6.45, 7) is 6.16. The molecule has 0 aromatic heterocycles. The van der Waals surface area contributed by atoms with Crippen molar-refractivity contribution in [1.29, 1.82) is 0 Å². The van der Waals surface area contributed by atoms with E-state index in [2.05, 4.69) is 43.3 Å². The number of nitrogens with zero attached hydrogens (tertiary/aromatic N) is 7. The fraction of sp³-hybridized carbons (Fsp3) is 0.633. The van der Waals surface area contributed by atoms with Crippen molar-refractivity contribution >= 4 is 111 Å². The molecule has 3 aromatic carbocycles. The van der Waals surface area contributed by atoms with E-state index in [0.717, 1.165) is 21.5 Å². The van der Waals surface area contributed by atoms with Gasteiger partial charge in [0.15, 0.2) is 0 Å². The minimum atomic E-state index is -0.438. The molecule has 0 radical (unpaired) electrons. The van der Waals surface area contributed by atoms with Gasteiger partial charge < -0.3 is 109 Å². The molecule has 0 unspecified atom stereocenters. The maximum absolute atomic E-state index is 13.8. The molecule has 7 N–H and O–H groups in total. The zero-order valence-electron chi connectivity index (χ0n) is 68.9. The first-order chi connectivity index (χ1) is 55.8. The highest BCUT2D eigenvalue weighted by Crippen LogP contribution is 2.24. The maximum Gasteiger partial charge on any atom is 0.306 e. The Balaban J connectivity index is 1.79.